The molecule has 1 aliphatic rings. The minimum absolute atomic E-state index is 0.00435. The zero-order chi connectivity index (χ0) is 15.6. The highest BCUT2D eigenvalue weighted by molar-refractivity contribution is 7.11. The predicted octanol–water partition coefficient (Wildman–Crippen LogP) is 2.28. The largest absolute Gasteiger partial charge is 0.343 e. The van der Waals surface area contributed by atoms with Gasteiger partial charge in [-0.3, -0.25) is 9.59 Å². The van der Waals surface area contributed by atoms with Crippen molar-refractivity contribution >= 4 is 23.2 Å². The molecule has 6 heteroatoms. The molecule has 2 amide bonds. The van der Waals surface area contributed by atoms with Crippen LogP contribution in [0.5, 0.6) is 0 Å². The molecule has 21 heavy (non-hydrogen) atoms. The van der Waals surface area contributed by atoms with Gasteiger partial charge < -0.3 is 10.2 Å². The van der Waals surface area contributed by atoms with Crippen molar-refractivity contribution in [2.75, 3.05) is 0 Å². The lowest BCUT2D eigenvalue weighted by molar-refractivity contribution is -0.152. The van der Waals surface area contributed by atoms with E-state index < -0.39 is 12.1 Å². The first kappa shape index (κ1) is 15.9. The molecule has 1 aliphatic heterocycles. The normalized spacial score (nSPS) is 24.1. The molecule has 0 aliphatic carbocycles. The molecule has 0 saturated carbocycles. The number of hydrogen-bond donors (Lipinski definition) is 1. The summed E-state index contributed by atoms with van der Waals surface area (Å²) in [5.41, 5.74) is 0. The van der Waals surface area contributed by atoms with Gasteiger partial charge in [0.1, 0.15) is 17.1 Å². The maximum Gasteiger partial charge on any atom is 0.246 e. The summed E-state index contributed by atoms with van der Waals surface area (Å²) in [4.78, 5) is 32.2. The molecule has 1 N–H and O–H groups in total. The van der Waals surface area contributed by atoms with Crippen molar-refractivity contribution in [1.29, 1.82) is 0 Å². The van der Waals surface area contributed by atoms with Crippen molar-refractivity contribution in [3.8, 4) is 0 Å². The van der Waals surface area contributed by atoms with Gasteiger partial charge in [-0.15, -0.1) is 11.3 Å². The lowest BCUT2D eigenvalue weighted by Gasteiger charge is -2.41. The predicted molar refractivity (Wildman–Crippen MR) is 83.1 cm³/mol. The van der Waals surface area contributed by atoms with E-state index in [1.54, 1.807) is 16.2 Å². The van der Waals surface area contributed by atoms with Gasteiger partial charge in [0.25, 0.3) is 0 Å². The Balaban J connectivity index is 2.31. The molecule has 0 bridgehead atoms. The van der Waals surface area contributed by atoms with Gasteiger partial charge in [0.05, 0.1) is 6.04 Å². The third kappa shape index (κ3) is 2.95. The molecule has 0 radical (unpaired) electrons. The molecule has 3 unspecified atom stereocenters. The van der Waals surface area contributed by atoms with Crippen LogP contribution >= 0.6 is 11.3 Å². The number of aryl methyl sites for hydroxylation is 1. The molecule has 1 saturated heterocycles. The smallest absolute Gasteiger partial charge is 0.246 e. The summed E-state index contributed by atoms with van der Waals surface area (Å²) >= 11 is 1.62. The lowest BCUT2D eigenvalue weighted by Crippen LogP contribution is -2.63. The first-order valence-corrected chi connectivity index (χ1v) is 8.42. The molecule has 1 aromatic rings. The second-order valence-corrected chi connectivity index (χ2v) is 6.48. The standard InChI is InChI=1S/C15H23N3O2S/c1-5-10-8-16-14(21-10)9(4)18-12(7-3)13(19)17-11(6-2)15(18)20/h8-9,11-12H,5-7H2,1-4H3,(H,17,19). The summed E-state index contributed by atoms with van der Waals surface area (Å²) in [6.07, 6.45) is 4.03. The molecule has 2 heterocycles. The van der Waals surface area contributed by atoms with Gasteiger partial charge in [0, 0.05) is 11.1 Å². The number of nitrogens with zero attached hydrogens (tertiary/aromatic N) is 2. The number of aromatic nitrogens is 1. The van der Waals surface area contributed by atoms with Crippen LogP contribution in [-0.2, 0) is 16.0 Å². The van der Waals surface area contributed by atoms with Crippen molar-refractivity contribution in [3.05, 3.63) is 16.1 Å². The molecule has 5 nitrogen and oxygen atoms in total. The van der Waals surface area contributed by atoms with Gasteiger partial charge in [-0.1, -0.05) is 20.8 Å². The van der Waals surface area contributed by atoms with Crippen molar-refractivity contribution in [3.63, 3.8) is 0 Å². The fourth-order valence-corrected chi connectivity index (χ4v) is 3.62. The van der Waals surface area contributed by atoms with Crippen LogP contribution < -0.4 is 5.32 Å². The Hall–Kier alpha value is -1.43. The number of carbonyl (C=O) groups excluding carboxylic acids is 2. The number of piperazine rings is 1. The summed E-state index contributed by atoms with van der Waals surface area (Å²) in [6, 6.07) is -0.967. The van der Waals surface area contributed by atoms with Crippen LogP contribution in [0, 0.1) is 0 Å². The third-order valence-corrected chi connectivity index (χ3v) is 5.31. The summed E-state index contributed by atoms with van der Waals surface area (Å²) in [5.74, 6) is -0.0484. The second-order valence-electron chi connectivity index (χ2n) is 5.33. The highest BCUT2D eigenvalue weighted by Gasteiger charge is 2.42. The second kappa shape index (κ2) is 6.56. The van der Waals surface area contributed by atoms with E-state index in [1.165, 1.54) is 4.88 Å². The Labute approximate surface area is 129 Å². The highest BCUT2D eigenvalue weighted by Crippen LogP contribution is 2.30. The number of thiazole rings is 1. The molecule has 0 aromatic carbocycles. The molecule has 2 rings (SSSR count). The minimum atomic E-state index is -0.409. The van der Waals surface area contributed by atoms with Crippen LogP contribution in [0.2, 0.25) is 0 Å². The Kier molecular flexibility index (Phi) is 4.98. The monoisotopic (exact) mass is 309 g/mol. The lowest BCUT2D eigenvalue weighted by atomic mass is 10.0. The molecule has 0 spiro atoms. The SMILES string of the molecule is CCc1cnc(C(C)N2C(=O)C(CC)NC(=O)C2CC)s1. The molecule has 3 atom stereocenters. The molecule has 116 valence electrons. The van der Waals surface area contributed by atoms with E-state index in [2.05, 4.69) is 17.2 Å². The summed E-state index contributed by atoms with van der Waals surface area (Å²) < 4.78 is 0. The molecular formula is C15H23N3O2S. The van der Waals surface area contributed by atoms with Crippen molar-refractivity contribution in [2.24, 2.45) is 0 Å². The number of carbonyl (C=O) groups is 2. The van der Waals surface area contributed by atoms with Crippen LogP contribution in [0.1, 0.15) is 56.5 Å². The number of hydrogen-bond acceptors (Lipinski definition) is 4. The summed E-state index contributed by atoms with van der Waals surface area (Å²) in [6.45, 7) is 7.90. The maximum absolute atomic E-state index is 12.7. The Bertz CT molecular complexity index is 529. The molecule has 1 fully saturated rings. The van der Waals surface area contributed by atoms with Gasteiger partial charge in [-0.25, -0.2) is 4.98 Å². The van der Waals surface area contributed by atoms with Crippen LogP contribution in [0.15, 0.2) is 6.20 Å². The topological polar surface area (TPSA) is 62.3 Å². The van der Waals surface area contributed by atoms with E-state index in [4.69, 9.17) is 0 Å². The number of amides is 2. The maximum atomic E-state index is 12.7. The Morgan fingerprint density at radius 1 is 1.33 bits per heavy atom. The summed E-state index contributed by atoms with van der Waals surface area (Å²) in [5, 5.41) is 3.73. The van der Waals surface area contributed by atoms with Gasteiger partial charge in [-0.2, -0.15) is 0 Å². The van der Waals surface area contributed by atoms with E-state index in [0.29, 0.717) is 12.8 Å². The van der Waals surface area contributed by atoms with Gasteiger partial charge in [0.2, 0.25) is 11.8 Å². The molecule has 1 aromatic heterocycles. The van der Waals surface area contributed by atoms with Crippen molar-refractivity contribution in [2.45, 2.75) is 65.1 Å². The average Bonchev–Trinajstić information content (AvgIpc) is 2.97. The van der Waals surface area contributed by atoms with Crippen molar-refractivity contribution in [1.82, 2.24) is 15.2 Å². The first-order chi connectivity index (χ1) is 10.0. The van der Waals surface area contributed by atoms with E-state index in [9.17, 15) is 9.59 Å². The first-order valence-electron chi connectivity index (χ1n) is 7.60. The van der Waals surface area contributed by atoms with E-state index in [0.717, 1.165) is 11.4 Å². The number of rotatable bonds is 5. The van der Waals surface area contributed by atoms with E-state index in [-0.39, 0.29) is 17.9 Å². The van der Waals surface area contributed by atoms with Gasteiger partial charge in [-0.05, 0) is 26.2 Å². The Morgan fingerprint density at radius 3 is 2.57 bits per heavy atom. The number of nitrogens with one attached hydrogen (secondary N) is 1. The van der Waals surface area contributed by atoms with Crippen LogP contribution in [0.3, 0.4) is 0 Å². The van der Waals surface area contributed by atoms with E-state index >= 15 is 0 Å². The van der Waals surface area contributed by atoms with Crippen LogP contribution in [0.4, 0.5) is 0 Å². The Morgan fingerprint density at radius 2 is 2.05 bits per heavy atom. The van der Waals surface area contributed by atoms with Gasteiger partial charge >= 0.3 is 0 Å². The summed E-state index contributed by atoms with van der Waals surface area (Å²) in [7, 11) is 0. The quantitative estimate of drug-likeness (QED) is 0.907. The highest BCUT2D eigenvalue weighted by atomic mass is 32.1. The zero-order valence-corrected chi connectivity index (χ0v) is 13.9. The van der Waals surface area contributed by atoms with Crippen molar-refractivity contribution < 1.29 is 9.59 Å². The zero-order valence-electron chi connectivity index (χ0n) is 13.0. The molecular weight excluding hydrogens is 286 g/mol. The fraction of sp³-hybridized carbons (Fsp3) is 0.667. The third-order valence-electron chi connectivity index (χ3n) is 4.00. The van der Waals surface area contributed by atoms with Gasteiger partial charge in [0.15, 0.2) is 0 Å². The fourth-order valence-electron chi connectivity index (χ4n) is 2.71. The van der Waals surface area contributed by atoms with Crippen LogP contribution in [-0.4, -0.2) is 33.8 Å². The van der Waals surface area contributed by atoms with E-state index in [1.807, 2.05) is 27.0 Å². The minimum Gasteiger partial charge on any atom is -0.343 e. The van der Waals surface area contributed by atoms with Crippen LogP contribution in [0.25, 0.3) is 0 Å². The average molecular weight is 309 g/mol.